The summed E-state index contributed by atoms with van der Waals surface area (Å²) in [6, 6.07) is 3.58. The lowest BCUT2D eigenvalue weighted by Crippen LogP contribution is -2.53. The van der Waals surface area contributed by atoms with Gasteiger partial charge in [0.25, 0.3) is 0 Å². The van der Waals surface area contributed by atoms with E-state index in [2.05, 4.69) is 15.2 Å². The Labute approximate surface area is 161 Å². The third-order valence-electron chi connectivity index (χ3n) is 5.38. The van der Waals surface area contributed by atoms with Crippen molar-refractivity contribution in [3.05, 3.63) is 30.1 Å². The van der Waals surface area contributed by atoms with Gasteiger partial charge in [0, 0.05) is 38.6 Å². The number of ether oxygens (including phenoxy) is 1. The zero-order chi connectivity index (χ0) is 19.1. The summed E-state index contributed by atoms with van der Waals surface area (Å²) >= 11 is 0. The van der Waals surface area contributed by atoms with Crippen molar-refractivity contribution in [3.8, 4) is 0 Å². The first-order valence-electron chi connectivity index (χ1n) is 9.95. The summed E-state index contributed by atoms with van der Waals surface area (Å²) in [5, 5.41) is 3.01. The quantitative estimate of drug-likeness (QED) is 0.806. The number of morpholine rings is 1. The number of carbonyl (C=O) groups is 2. The molecule has 7 nitrogen and oxygen atoms in total. The van der Waals surface area contributed by atoms with Crippen LogP contribution in [0.15, 0.2) is 24.5 Å². The highest BCUT2D eigenvalue weighted by Crippen LogP contribution is 2.19. The molecule has 1 N–H and O–H groups in total. The second-order valence-electron chi connectivity index (χ2n) is 7.34. The number of carbonyl (C=O) groups excluding carboxylic acids is 2. The van der Waals surface area contributed by atoms with Crippen molar-refractivity contribution < 1.29 is 14.3 Å². The fraction of sp³-hybridized carbons (Fsp3) is 0.650. The molecule has 2 amide bonds. The maximum Gasteiger partial charge on any atom is 0.245 e. The van der Waals surface area contributed by atoms with E-state index in [1.54, 1.807) is 17.3 Å². The van der Waals surface area contributed by atoms with Crippen LogP contribution in [-0.2, 0) is 20.9 Å². The minimum atomic E-state index is -0.439. The summed E-state index contributed by atoms with van der Waals surface area (Å²) in [6.07, 6.45) is 6.08. The van der Waals surface area contributed by atoms with Crippen LogP contribution in [0.2, 0.25) is 0 Å². The van der Waals surface area contributed by atoms with Gasteiger partial charge >= 0.3 is 0 Å². The number of rotatable bonds is 6. The Morgan fingerprint density at radius 3 is 2.70 bits per heavy atom. The third kappa shape index (κ3) is 5.49. The van der Waals surface area contributed by atoms with E-state index in [4.69, 9.17) is 4.74 Å². The van der Waals surface area contributed by atoms with Crippen LogP contribution in [0.4, 0.5) is 0 Å². The molecule has 2 atom stereocenters. The van der Waals surface area contributed by atoms with E-state index in [0.29, 0.717) is 32.7 Å². The fourth-order valence-electron chi connectivity index (χ4n) is 3.79. The Kier molecular flexibility index (Phi) is 7.18. The average molecular weight is 374 g/mol. The zero-order valence-corrected chi connectivity index (χ0v) is 16.1. The fourth-order valence-corrected chi connectivity index (χ4v) is 3.79. The van der Waals surface area contributed by atoms with Gasteiger partial charge < -0.3 is 15.0 Å². The molecule has 2 unspecified atom stereocenters. The largest absolute Gasteiger partial charge is 0.378 e. The van der Waals surface area contributed by atoms with Crippen molar-refractivity contribution in [2.45, 2.75) is 38.8 Å². The summed E-state index contributed by atoms with van der Waals surface area (Å²) in [5.41, 5.74) is 1.21. The maximum atomic E-state index is 12.8. The molecule has 0 saturated carbocycles. The lowest BCUT2D eigenvalue weighted by Gasteiger charge is -2.34. The smallest absolute Gasteiger partial charge is 0.245 e. The Morgan fingerprint density at radius 2 is 2.00 bits per heavy atom. The summed E-state index contributed by atoms with van der Waals surface area (Å²) in [4.78, 5) is 33.7. The number of piperidine rings is 1. The number of nitrogens with zero attached hydrogens (tertiary/aromatic N) is 3. The zero-order valence-electron chi connectivity index (χ0n) is 16.1. The van der Waals surface area contributed by atoms with E-state index in [9.17, 15) is 9.59 Å². The predicted molar refractivity (Wildman–Crippen MR) is 102 cm³/mol. The lowest BCUT2D eigenvalue weighted by atomic mass is 9.96. The van der Waals surface area contributed by atoms with Gasteiger partial charge in [-0.25, -0.2) is 0 Å². The normalized spacial score (nSPS) is 22.3. The molecular weight excluding hydrogens is 344 g/mol. The molecule has 0 radical (unpaired) electrons. The standard InChI is InChI=1S/C20H30N4O3/c1-2-18(20(26)24-10-12-27-13-11-24)22-19(25)17-4-3-9-23(15-17)14-16-5-7-21-8-6-16/h5-8,17-18H,2-4,9-15H2,1H3,(H,22,25). The Bertz CT molecular complexity index is 619. The van der Waals surface area contributed by atoms with Gasteiger partial charge in [0.2, 0.25) is 11.8 Å². The third-order valence-corrected chi connectivity index (χ3v) is 5.38. The molecule has 1 aromatic rings. The summed E-state index contributed by atoms with van der Waals surface area (Å²) in [5.74, 6) is -0.0476. The first-order valence-corrected chi connectivity index (χ1v) is 9.95. The SMILES string of the molecule is CCC(NC(=O)C1CCCN(Cc2ccncc2)C1)C(=O)N1CCOCC1. The minimum absolute atomic E-state index is 0.00267. The molecule has 0 spiro atoms. The van der Waals surface area contributed by atoms with Crippen molar-refractivity contribution in [1.29, 1.82) is 0 Å². The average Bonchev–Trinajstić information content (AvgIpc) is 2.73. The number of amides is 2. The Balaban J connectivity index is 1.53. The molecule has 0 aliphatic carbocycles. The molecule has 3 heterocycles. The molecule has 0 aromatic carbocycles. The van der Waals surface area contributed by atoms with Crippen LogP contribution in [0.3, 0.4) is 0 Å². The molecule has 3 rings (SSSR count). The van der Waals surface area contributed by atoms with Gasteiger partial charge in [-0.3, -0.25) is 19.5 Å². The van der Waals surface area contributed by atoms with Crippen LogP contribution in [0.5, 0.6) is 0 Å². The van der Waals surface area contributed by atoms with Crippen molar-refractivity contribution in [2.24, 2.45) is 5.92 Å². The molecule has 2 aliphatic heterocycles. The summed E-state index contributed by atoms with van der Waals surface area (Å²) in [7, 11) is 0. The second-order valence-corrected chi connectivity index (χ2v) is 7.34. The van der Waals surface area contributed by atoms with Crippen molar-refractivity contribution in [3.63, 3.8) is 0 Å². The van der Waals surface area contributed by atoms with Crippen molar-refractivity contribution in [2.75, 3.05) is 39.4 Å². The molecule has 7 heteroatoms. The number of hydrogen-bond donors (Lipinski definition) is 1. The Morgan fingerprint density at radius 1 is 1.26 bits per heavy atom. The molecule has 2 aliphatic rings. The van der Waals surface area contributed by atoms with Crippen LogP contribution < -0.4 is 5.32 Å². The summed E-state index contributed by atoms with van der Waals surface area (Å²) < 4.78 is 5.31. The van der Waals surface area contributed by atoms with Gasteiger partial charge in [-0.15, -0.1) is 0 Å². The molecular formula is C20H30N4O3. The Hall–Kier alpha value is -1.99. The van der Waals surface area contributed by atoms with E-state index < -0.39 is 6.04 Å². The number of hydrogen-bond acceptors (Lipinski definition) is 5. The topological polar surface area (TPSA) is 74.8 Å². The van der Waals surface area contributed by atoms with E-state index in [1.165, 1.54) is 5.56 Å². The first-order chi connectivity index (χ1) is 13.2. The minimum Gasteiger partial charge on any atom is -0.378 e. The highest BCUT2D eigenvalue weighted by molar-refractivity contribution is 5.88. The summed E-state index contributed by atoms with van der Waals surface area (Å²) in [6.45, 7) is 6.86. The number of likely N-dealkylation sites (tertiary alicyclic amines) is 1. The van der Waals surface area contributed by atoms with E-state index >= 15 is 0 Å². The van der Waals surface area contributed by atoms with Crippen LogP contribution in [-0.4, -0.2) is 72.0 Å². The highest BCUT2D eigenvalue weighted by atomic mass is 16.5. The van der Waals surface area contributed by atoms with E-state index in [-0.39, 0.29) is 17.7 Å². The molecule has 2 fully saturated rings. The van der Waals surface area contributed by atoms with Gasteiger partial charge in [0.1, 0.15) is 6.04 Å². The highest BCUT2D eigenvalue weighted by Gasteiger charge is 2.30. The van der Waals surface area contributed by atoms with Crippen molar-refractivity contribution >= 4 is 11.8 Å². The van der Waals surface area contributed by atoms with E-state index in [1.807, 2.05) is 19.1 Å². The van der Waals surface area contributed by atoms with Gasteiger partial charge in [0.05, 0.1) is 19.1 Å². The van der Waals surface area contributed by atoms with Crippen LogP contribution in [0.1, 0.15) is 31.7 Å². The van der Waals surface area contributed by atoms with Crippen LogP contribution in [0, 0.1) is 5.92 Å². The van der Waals surface area contributed by atoms with Gasteiger partial charge in [-0.05, 0) is 43.5 Å². The van der Waals surface area contributed by atoms with Crippen LogP contribution >= 0.6 is 0 Å². The second kappa shape index (κ2) is 9.80. The predicted octanol–water partition coefficient (Wildman–Crippen LogP) is 1.05. The number of nitrogens with one attached hydrogen (secondary N) is 1. The van der Waals surface area contributed by atoms with Gasteiger partial charge in [0.15, 0.2) is 0 Å². The van der Waals surface area contributed by atoms with E-state index in [0.717, 1.165) is 32.5 Å². The number of aromatic nitrogens is 1. The molecule has 148 valence electrons. The maximum absolute atomic E-state index is 12.8. The monoisotopic (exact) mass is 374 g/mol. The lowest BCUT2D eigenvalue weighted by molar-refractivity contribution is -0.141. The van der Waals surface area contributed by atoms with Crippen LogP contribution in [0.25, 0.3) is 0 Å². The first kappa shape index (κ1) is 19.8. The molecule has 1 aromatic heterocycles. The molecule has 0 bridgehead atoms. The number of pyridine rings is 1. The van der Waals surface area contributed by atoms with Gasteiger partial charge in [-0.1, -0.05) is 6.92 Å². The van der Waals surface area contributed by atoms with Crippen molar-refractivity contribution in [1.82, 2.24) is 20.1 Å². The molecule has 27 heavy (non-hydrogen) atoms. The molecule has 2 saturated heterocycles. The van der Waals surface area contributed by atoms with Gasteiger partial charge in [-0.2, -0.15) is 0 Å².